The molecule has 0 unspecified atom stereocenters. The monoisotopic (exact) mass is 325 g/mol. The second-order valence-electron chi connectivity index (χ2n) is 7.55. The lowest BCUT2D eigenvalue weighted by Crippen LogP contribution is -2.33. The molecule has 2 N–H and O–H groups in total. The van der Waals surface area contributed by atoms with E-state index in [0.717, 1.165) is 25.6 Å². The number of benzene rings is 1. The largest absolute Gasteiger partial charge is 0.345 e. The van der Waals surface area contributed by atoms with Gasteiger partial charge < -0.3 is 15.2 Å². The molecule has 1 saturated heterocycles. The molecule has 1 aromatic heterocycles. The zero-order valence-electron chi connectivity index (χ0n) is 15.0. The zero-order valence-corrected chi connectivity index (χ0v) is 15.0. The highest BCUT2D eigenvalue weighted by molar-refractivity contribution is 5.86. The molecule has 0 atom stereocenters. The molecule has 1 aromatic carbocycles. The summed E-state index contributed by atoms with van der Waals surface area (Å²) in [6.45, 7) is 7.92. The summed E-state index contributed by atoms with van der Waals surface area (Å²) in [4.78, 5) is 0. The van der Waals surface area contributed by atoms with Crippen LogP contribution in [0.3, 0.4) is 0 Å². The van der Waals surface area contributed by atoms with Crippen molar-refractivity contribution >= 4 is 10.9 Å². The molecule has 1 aliphatic heterocycles. The summed E-state index contributed by atoms with van der Waals surface area (Å²) < 4.78 is 2.55. The Kier molecular flexibility index (Phi) is 4.91. The second kappa shape index (κ2) is 7.28. The van der Waals surface area contributed by atoms with Crippen molar-refractivity contribution in [3.05, 3.63) is 35.0 Å². The topological polar surface area (TPSA) is 29.0 Å². The van der Waals surface area contributed by atoms with Crippen molar-refractivity contribution in [1.29, 1.82) is 0 Å². The molecule has 1 aliphatic carbocycles. The first-order chi connectivity index (χ1) is 11.9. The second-order valence-corrected chi connectivity index (χ2v) is 7.55. The van der Waals surface area contributed by atoms with Crippen molar-refractivity contribution in [3.8, 4) is 0 Å². The van der Waals surface area contributed by atoms with Gasteiger partial charge in [0.05, 0.1) is 0 Å². The fraction of sp³-hybridized carbons (Fsp3) is 0.619. The van der Waals surface area contributed by atoms with Crippen LogP contribution in [0.15, 0.2) is 18.2 Å². The van der Waals surface area contributed by atoms with Crippen molar-refractivity contribution in [3.63, 3.8) is 0 Å². The quantitative estimate of drug-likeness (QED) is 0.879. The van der Waals surface area contributed by atoms with E-state index < -0.39 is 0 Å². The van der Waals surface area contributed by atoms with Gasteiger partial charge in [-0.15, -0.1) is 0 Å². The first kappa shape index (κ1) is 16.2. The molecule has 3 heteroatoms. The van der Waals surface area contributed by atoms with Crippen molar-refractivity contribution in [2.75, 3.05) is 19.6 Å². The van der Waals surface area contributed by atoms with Gasteiger partial charge in [-0.05, 0) is 94.3 Å². The molecular weight excluding hydrogens is 294 g/mol. The Balaban J connectivity index is 1.50. The molecule has 3 nitrogen and oxygen atoms in total. The zero-order chi connectivity index (χ0) is 16.4. The van der Waals surface area contributed by atoms with E-state index in [-0.39, 0.29) is 0 Å². The maximum absolute atomic E-state index is 3.70. The molecule has 2 aromatic rings. The van der Waals surface area contributed by atoms with Crippen LogP contribution in [0.4, 0.5) is 0 Å². The summed E-state index contributed by atoms with van der Waals surface area (Å²) in [5.41, 5.74) is 6.14. The minimum absolute atomic E-state index is 0.851. The van der Waals surface area contributed by atoms with Crippen molar-refractivity contribution in [1.82, 2.24) is 15.2 Å². The van der Waals surface area contributed by atoms with E-state index in [9.17, 15) is 0 Å². The summed E-state index contributed by atoms with van der Waals surface area (Å²) in [6.07, 6.45) is 7.88. The van der Waals surface area contributed by atoms with E-state index in [2.05, 4.69) is 40.3 Å². The summed E-state index contributed by atoms with van der Waals surface area (Å²) >= 11 is 0. The standard InChI is InChI=1S/C21H31N3/c1-2-24-20-6-4-3-5-18(20)19-13-17(7-8-21(19)24)15-23-14-16-9-11-22-12-10-16/h7-8,13,16,22-23H,2-6,9-12,14-15H2,1H3. The summed E-state index contributed by atoms with van der Waals surface area (Å²) in [6, 6.07) is 7.15. The molecule has 4 rings (SSSR count). The summed E-state index contributed by atoms with van der Waals surface area (Å²) in [5.74, 6) is 0.851. The van der Waals surface area contributed by atoms with Crippen molar-refractivity contribution in [2.24, 2.45) is 5.92 Å². The number of nitrogens with one attached hydrogen (secondary N) is 2. The third-order valence-electron chi connectivity index (χ3n) is 5.98. The highest BCUT2D eigenvalue weighted by Gasteiger charge is 2.19. The first-order valence-corrected chi connectivity index (χ1v) is 9.91. The lowest BCUT2D eigenvalue weighted by atomic mass is 9.95. The van der Waals surface area contributed by atoms with E-state index in [1.165, 1.54) is 68.1 Å². The molecule has 24 heavy (non-hydrogen) atoms. The summed E-state index contributed by atoms with van der Waals surface area (Å²) in [5, 5.41) is 8.67. The number of hydrogen-bond acceptors (Lipinski definition) is 2. The van der Waals surface area contributed by atoms with Gasteiger partial charge in [0.1, 0.15) is 0 Å². The van der Waals surface area contributed by atoms with E-state index in [1.807, 2.05) is 0 Å². The Hall–Kier alpha value is -1.32. The van der Waals surface area contributed by atoms with Crippen LogP contribution in [0, 0.1) is 5.92 Å². The van der Waals surface area contributed by atoms with Gasteiger partial charge in [0.2, 0.25) is 0 Å². The van der Waals surface area contributed by atoms with Gasteiger partial charge in [0.25, 0.3) is 0 Å². The minimum Gasteiger partial charge on any atom is -0.345 e. The van der Waals surface area contributed by atoms with Crippen LogP contribution in [0.25, 0.3) is 10.9 Å². The normalized spacial score (nSPS) is 18.9. The molecule has 2 aliphatic rings. The average molecular weight is 326 g/mol. The van der Waals surface area contributed by atoms with Crippen LogP contribution in [-0.4, -0.2) is 24.2 Å². The average Bonchev–Trinajstić information content (AvgIpc) is 2.96. The molecule has 130 valence electrons. The van der Waals surface area contributed by atoms with Crippen LogP contribution in [0.2, 0.25) is 0 Å². The van der Waals surface area contributed by atoms with E-state index in [0.29, 0.717) is 0 Å². The van der Waals surface area contributed by atoms with Crippen LogP contribution >= 0.6 is 0 Å². The van der Waals surface area contributed by atoms with E-state index in [1.54, 1.807) is 11.3 Å². The van der Waals surface area contributed by atoms with Crippen LogP contribution in [0.1, 0.15) is 49.4 Å². The minimum atomic E-state index is 0.851. The predicted molar refractivity (Wildman–Crippen MR) is 102 cm³/mol. The third kappa shape index (κ3) is 3.12. The number of piperidine rings is 1. The maximum Gasteiger partial charge on any atom is 0.0485 e. The smallest absolute Gasteiger partial charge is 0.0485 e. The first-order valence-electron chi connectivity index (χ1n) is 9.91. The van der Waals surface area contributed by atoms with E-state index in [4.69, 9.17) is 0 Å². The van der Waals surface area contributed by atoms with Crippen molar-refractivity contribution < 1.29 is 0 Å². The highest BCUT2D eigenvalue weighted by atomic mass is 15.0. The molecule has 0 spiro atoms. The number of rotatable bonds is 5. The lowest BCUT2D eigenvalue weighted by molar-refractivity contribution is 0.356. The Labute approximate surface area is 145 Å². The predicted octanol–water partition coefficient (Wildman–Crippen LogP) is 3.63. The number of fused-ring (bicyclic) bond motifs is 3. The van der Waals surface area contributed by atoms with Gasteiger partial charge in [-0.25, -0.2) is 0 Å². The Morgan fingerprint density at radius 1 is 1.17 bits per heavy atom. The van der Waals surface area contributed by atoms with Gasteiger partial charge in [-0.3, -0.25) is 0 Å². The van der Waals surface area contributed by atoms with Gasteiger partial charge in [0.15, 0.2) is 0 Å². The van der Waals surface area contributed by atoms with Crippen LogP contribution in [0.5, 0.6) is 0 Å². The van der Waals surface area contributed by atoms with Gasteiger partial charge in [-0.1, -0.05) is 6.07 Å². The molecule has 0 amide bonds. The Morgan fingerprint density at radius 2 is 2.00 bits per heavy atom. The van der Waals surface area contributed by atoms with Gasteiger partial charge >= 0.3 is 0 Å². The number of hydrogen-bond donors (Lipinski definition) is 2. The van der Waals surface area contributed by atoms with Crippen LogP contribution in [-0.2, 0) is 25.9 Å². The molecule has 0 bridgehead atoms. The number of nitrogens with zero attached hydrogens (tertiary/aromatic N) is 1. The maximum atomic E-state index is 3.70. The van der Waals surface area contributed by atoms with Gasteiger partial charge in [-0.2, -0.15) is 0 Å². The fourth-order valence-electron chi connectivity index (χ4n) is 4.66. The lowest BCUT2D eigenvalue weighted by Gasteiger charge is -2.22. The molecule has 0 radical (unpaired) electrons. The van der Waals surface area contributed by atoms with Crippen LogP contribution < -0.4 is 10.6 Å². The highest BCUT2D eigenvalue weighted by Crippen LogP contribution is 2.32. The SMILES string of the molecule is CCn1c2c(c3cc(CNCC4CCNCC4)ccc31)CCCC2. The van der Waals surface area contributed by atoms with Gasteiger partial charge in [0, 0.05) is 29.7 Å². The Bertz CT molecular complexity index is 695. The molecule has 1 fully saturated rings. The fourth-order valence-corrected chi connectivity index (χ4v) is 4.66. The Morgan fingerprint density at radius 3 is 2.83 bits per heavy atom. The molecule has 0 saturated carbocycles. The third-order valence-corrected chi connectivity index (χ3v) is 5.98. The molecular formula is C21H31N3. The summed E-state index contributed by atoms with van der Waals surface area (Å²) in [7, 11) is 0. The molecule has 2 heterocycles. The van der Waals surface area contributed by atoms with E-state index >= 15 is 0 Å². The number of aromatic nitrogens is 1. The number of aryl methyl sites for hydroxylation is 2. The van der Waals surface area contributed by atoms with Crippen molar-refractivity contribution in [2.45, 2.75) is 58.5 Å².